The fourth-order valence-electron chi connectivity index (χ4n) is 1.41. The van der Waals surface area contributed by atoms with Gasteiger partial charge in [-0.15, -0.1) is 0 Å². The van der Waals surface area contributed by atoms with Gasteiger partial charge in [0.2, 0.25) is 5.91 Å². The smallest absolute Gasteiger partial charge is 0.241 e. The maximum absolute atomic E-state index is 11.9. The molecule has 2 atom stereocenters. The van der Waals surface area contributed by atoms with Crippen molar-refractivity contribution < 1.29 is 4.79 Å². The Balaban J connectivity index is 2.42. The molecule has 0 aliphatic heterocycles. The number of rotatable bonds is 6. The Kier molecular flexibility index (Phi) is 6.22. The second-order valence-corrected chi connectivity index (χ2v) is 5.81. The van der Waals surface area contributed by atoms with Crippen molar-refractivity contribution in [2.75, 3.05) is 18.1 Å². The Morgan fingerprint density at radius 2 is 1.89 bits per heavy atom. The van der Waals surface area contributed by atoms with Gasteiger partial charge in [-0.1, -0.05) is 24.6 Å². The van der Waals surface area contributed by atoms with E-state index in [4.69, 9.17) is 0 Å². The lowest BCUT2D eigenvalue weighted by atomic mass is 10.2. The summed E-state index contributed by atoms with van der Waals surface area (Å²) < 4.78 is 0. The van der Waals surface area contributed by atoms with Crippen LogP contribution < -0.4 is 10.6 Å². The van der Waals surface area contributed by atoms with Crippen molar-refractivity contribution in [2.24, 2.45) is 0 Å². The van der Waals surface area contributed by atoms with Crippen LogP contribution >= 0.6 is 11.8 Å². The van der Waals surface area contributed by atoms with Gasteiger partial charge < -0.3 is 10.6 Å². The number of hydrogen-bond acceptors (Lipinski definition) is 3. The van der Waals surface area contributed by atoms with Gasteiger partial charge in [0.1, 0.15) is 0 Å². The molecular formula is C14H22N2OS. The van der Waals surface area contributed by atoms with Gasteiger partial charge >= 0.3 is 0 Å². The number of anilines is 1. The number of nitrogens with one attached hydrogen (secondary N) is 2. The Morgan fingerprint density at radius 1 is 1.28 bits per heavy atom. The third kappa shape index (κ3) is 5.10. The van der Waals surface area contributed by atoms with E-state index >= 15 is 0 Å². The fourth-order valence-corrected chi connectivity index (χ4v) is 1.67. The quantitative estimate of drug-likeness (QED) is 0.831. The molecule has 1 aromatic carbocycles. The van der Waals surface area contributed by atoms with Crippen molar-refractivity contribution in [1.82, 2.24) is 5.32 Å². The second kappa shape index (κ2) is 7.44. The summed E-state index contributed by atoms with van der Waals surface area (Å²) in [6.07, 6.45) is 2.07. The zero-order valence-electron chi connectivity index (χ0n) is 11.5. The SMILES string of the molecule is CSC(C)CNC(C)C(=O)Nc1ccc(C)cc1. The molecule has 1 amide bonds. The Hall–Kier alpha value is -1.00. The van der Waals surface area contributed by atoms with Crippen LogP contribution in [0.25, 0.3) is 0 Å². The van der Waals surface area contributed by atoms with Crippen molar-refractivity contribution in [2.45, 2.75) is 32.1 Å². The van der Waals surface area contributed by atoms with Gasteiger partial charge in [0.25, 0.3) is 0 Å². The lowest BCUT2D eigenvalue weighted by Gasteiger charge is -2.16. The van der Waals surface area contributed by atoms with Crippen molar-refractivity contribution >= 4 is 23.4 Å². The molecule has 3 nitrogen and oxygen atoms in total. The van der Waals surface area contributed by atoms with Crippen LogP contribution in [-0.2, 0) is 4.79 Å². The topological polar surface area (TPSA) is 41.1 Å². The van der Waals surface area contributed by atoms with Crippen LogP contribution in [0.2, 0.25) is 0 Å². The predicted octanol–water partition coefficient (Wildman–Crippen LogP) is 2.66. The highest BCUT2D eigenvalue weighted by Crippen LogP contribution is 2.09. The zero-order chi connectivity index (χ0) is 13.5. The Morgan fingerprint density at radius 3 is 2.44 bits per heavy atom. The standard InChI is InChI=1S/C14H22N2OS/c1-10-5-7-13(8-6-10)16-14(17)12(3)15-9-11(2)18-4/h5-8,11-12,15H,9H2,1-4H3,(H,16,17). The first-order valence-electron chi connectivity index (χ1n) is 6.16. The van der Waals surface area contributed by atoms with Crippen LogP contribution in [0, 0.1) is 6.92 Å². The van der Waals surface area contributed by atoms with Crippen LogP contribution in [0.5, 0.6) is 0 Å². The molecule has 2 N–H and O–H groups in total. The first-order chi connectivity index (χ1) is 8.52. The maximum Gasteiger partial charge on any atom is 0.241 e. The summed E-state index contributed by atoms with van der Waals surface area (Å²) >= 11 is 1.79. The molecule has 0 aliphatic carbocycles. The molecule has 0 aliphatic rings. The molecule has 1 aromatic rings. The van der Waals surface area contributed by atoms with Crippen LogP contribution in [0.15, 0.2) is 24.3 Å². The van der Waals surface area contributed by atoms with Crippen LogP contribution in [0.1, 0.15) is 19.4 Å². The summed E-state index contributed by atoms with van der Waals surface area (Å²) in [5, 5.41) is 6.65. The van der Waals surface area contributed by atoms with Gasteiger partial charge in [0.15, 0.2) is 0 Å². The minimum absolute atomic E-state index is 0.00663. The number of aryl methyl sites for hydroxylation is 1. The molecule has 0 saturated carbocycles. The molecular weight excluding hydrogens is 244 g/mol. The van der Waals surface area contributed by atoms with Crippen molar-refractivity contribution in [3.63, 3.8) is 0 Å². The normalized spacial score (nSPS) is 14.0. The molecule has 4 heteroatoms. The first kappa shape index (κ1) is 15.1. The van der Waals surface area contributed by atoms with Crippen LogP contribution in [0.4, 0.5) is 5.69 Å². The highest BCUT2D eigenvalue weighted by molar-refractivity contribution is 7.99. The number of thioether (sulfide) groups is 1. The average Bonchev–Trinajstić information content (AvgIpc) is 2.38. The molecule has 0 bridgehead atoms. The van der Waals surface area contributed by atoms with E-state index in [-0.39, 0.29) is 11.9 Å². The van der Waals surface area contributed by atoms with Gasteiger partial charge in [0, 0.05) is 17.5 Å². The molecule has 1 rings (SSSR count). The van der Waals surface area contributed by atoms with E-state index < -0.39 is 0 Å². The largest absolute Gasteiger partial charge is 0.325 e. The molecule has 0 radical (unpaired) electrons. The van der Waals surface area contributed by atoms with E-state index in [0.29, 0.717) is 5.25 Å². The van der Waals surface area contributed by atoms with E-state index in [1.165, 1.54) is 5.56 Å². The maximum atomic E-state index is 11.9. The summed E-state index contributed by atoms with van der Waals surface area (Å²) in [6.45, 7) is 6.89. The van der Waals surface area contributed by atoms with Gasteiger partial charge in [-0.3, -0.25) is 4.79 Å². The molecule has 2 unspecified atom stereocenters. The van der Waals surface area contributed by atoms with Gasteiger partial charge in [-0.25, -0.2) is 0 Å². The number of carbonyl (C=O) groups excluding carboxylic acids is 1. The van der Waals surface area contributed by atoms with Gasteiger partial charge in [-0.2, -0.15) is 11.8 Å². The molecule has 0 saturated heterocycles. The highest BCUT2D eigenvalue weighted by atomic mass is 32.2. The fraction of sp³-hybridized carbons (Fsp3) is 0.500. The van der Waals surface area contributed by atoms with Crippen LogP contribution in [-0.4, -0.2) is 30.0 Å². The third-order valence-electron chi connectivity index (χ3n) is 2.83. The molecule has 100 valence electrons. The second-order valence-electron chi connectivity index (χ2n) is 4.53. The lowest BCUT2D eigenvalue weighted by molar-refractivity contribution is -0.117. The summed E-state index contributed by atoms with van der Waals surface area (Å²) in [4.78, 5) is 11.9. The Labute approximate surface area is 114 Å². The molecule has 0 heterocycles. The third-order valence-corrected chi connectivity index (χ3v) is 3.80. The minimum Gasteiger partial charge on any atom is -0.325 e. The van der Waals surface area contributed by atoms with E-state index in [9.17, 15) is 4.79 Å². The molecule has 0 fully saturated rings. The van der Waals surface area contributed by atoms with Gasteiger partial charge in [0.05, 0.1) is 6.04 Å². The number of hydrogen-bond donors (Lipinski definition) is 2. The highest BCUT2D eigenvalue weighted by Gasteiger charge is 2.13. The first-order valence-corrected chi connectivity index (χ1v) is 7.45. The average molecular weight is 266 g/mol. The summed E-state index contributed by atoms with van der Waals surface area (Å²) in [7, 11) is 0. The van der Waals surface area contributed by atoms with Crippen molar-refractivity contribution in [3.05, 3.63) is 29.8 Å². The van der Waals surface area contributed by atoms with Crippen LogP contribution in [0.3, 0.4) is 0 Å². The summed E-state index contributed by atoms with van der Waals surface area (Å²) in [6, 6.07) is 7.64. The zero-order valence-corrected chi connectivity index (χ0v) is 12.3. The van der Waals surface area contributed by atoms with E-state index in [1.54, 1.807) is 11.8 Å². The number of benzene rings is 1. The number of carbonyl (C=O) groups is 1. The molecule has 18 heavy (non-hydrogen) atoms. The lowest BCUT2D eigenvalue weighted by Crippen LogP contribution is -2.40. The predicted molar refractivity (Wildman–Crippen MR) is 80.3 cm³/mol. The molecule has 0 spiro atoms. The summed E-state index contributed by atoms with van der Waals surface area (Å²) in [5.74, 6) is 0.00663. The van der Waals surface area contributed by atoms with Gasteiger partial charge in [-0.05, 0) is 32.2 Å². The Bertz CT molecular complexity index is 378. The van der Waals surface area contributed by atoms with E-state index in [1.807, 2.05) is 38.1 Å². The monoisotopic (exact) mass is 266 g/mol. The van der Waals surface area contributed by atoms with E-state index in [0.717, 1.165) is 12.2 Å². The molecule has 0 aromatic heterocycles. The van der Waals surface area contributed by atoms with E-state index in [2.05, 4.69) is 23.8 Å². The van der Waals surface area contributed by atoms with Crippen molar-refractivity contribution in [1.29, 1.82) is 0 Å². The number of amides is 1. The minimum atomic E-state index is -0.180. The summed E-state index contributed by atoms with van der Waals surface area (Å²) in [5.41, 5.74) is 2.03. The van der Waals surface area contributed by atoms with Crippen molar-refractivity contribution in [3.8, 4) is 0 Å².